The molecule has 0 saturated carbocycles. The van der Waals surface area contributed by atoms with Crippen molar-refractivity contribution in [2.24, 2.45) is 5.41 Å². The van der Waals surface area contributed by atoms with Crippen LogP contribution in [0.3, 0.4) is 0 Å². The number of rotatable bonds is 5. The van der Waals surface area contributed by atoms with Gasteiger partial charge in [0, 0.05) is 31.7 Å². The van der Waals surface area contributed by atoms with E-state index >= 15 is 0 Å². The molecule has 2 aliphatic heterocycles. The fraction of sp³-hybridized carbons (Fsp3) is 0.391. The molecule has 2 heterocycles. The molecule has 2 aromatic carbocycles. The normalized spacial score (nSPS) is 21.9. The summed E-state index contributed by atoms with van der Waals surface area (Å²) < 4.78 is 56.8. The van der Waals surface area contributed by atoms with Crippen LogP contribution in [0.25, 0.3) is 0 Å². The summed E-state index contributed by atoms with van der Waals surface area (Å²) in [6.07, 6.45) is -4.20. The Kier molecular flexibility index (Phi) is 5.94. The number of amides is 2. The minimum atomic E-state index is -4.76. The van der Waals surface area contributed by atoms with Gasteiger partial charge in [0.05, 0.1) is 5.69 Å². The van der Waals surface area contributed by atoms with E-state index in [1.807, 2.05) is 30.3 Å². The van der Waals surface area contributed by atoms with Gasteiger partial charge in [0.15, 0.2) is 5.41 Å². The van der Waals surface area contributed by atoms with E-state index in [1.165, 1.54) is 17.0 Å². The average molecular weight is 449 g/mol. The first-order valence-corrected chi connectivity index (χ1v) is 10.4. The molecule has 2 amide bonds. The van der Waals surface area contributed by atoms with Crippen LogP contribution in [0.2, 0.25) is 0 Å². The van der Waals surface area contributed by atoms with Crippen LogP contribution in [0, 0.1) is 11.2 Å². The van der Waals surface area contributed by atoms with Gasteiger partial charge in [-0.1, -0.05) is 30.3 Å². The zero-order chi connectivity index (χ0) is 22.9. The van der Waals surface area contributed by atoms with E-state index in [-0.39, 0.29) is 30.2 Å². The van der Waals surface area contributed by atoms with Gasteiger partial charge in [0.2, 0.25) is 11.8 Å². The van der Waals surface area contributed by atoms with Gasteiger partial charge in [0.25, 0.3) is 0 Å². The molecular formula is C23H23F4N3O2. The summed E-state index contributed by atoms with van der Waals surface area (Å²) >= 11 is 0. The molecule has 0 radical (unpaired) electrons. The largest absolute Gasteiger partial charge is 0.404 e. The highest BCUT2D eigenvalue weighted by molar-refractivity contribution is 5.98. The Hall–Kier alpha value is -2.94. The highest BCUT2D eigenvalue weighted by Gasteiger charge is 2.63. The molecule has 32 heavy (non-hydrogen) atoms. The van der Waals surface area contributed by atoms with Crippen molar-refractivity contribution in [3.05, 3.63) is 59.9 Å². The third-order valence-corrected chi connectivity index (χ3v) is 6.14. The van der Waals surface area contributed by atoms with E-state index < -0.39 is 29.9 Å². The van der Waals surface area contributed by atoms with E-state index in [2.05, 4.69) is 5.32 Å². The first kappa shape index (κ1) is 22.3. The summed E-state index contributed by atoms with van der Waals surface area (Å²) in [5.41, 5.74) is -1.74. The van der Waals surface area contributed by atoms with Crippen molar-refractivity contribution in [2.45, 2.75) is 32.0 Å². The maximum Gasteiger partial charge on any atom is 0.404 e. The summed E-state index contributed by atoms with van der Waals surface area (Å²) in [6.45, 7) is 0.335. The Balaban J connectivity index is 1.51. The molecular weight excluding hydrogens is 426 g/mol. The van der Waals surface area contributed by atoms with Gasteiger partial charge in [-0.05, 0) is 43.1 Å². The number of likely N-dealkylation sites (tertiary alicyclic amines) is 1. The summed E-state index contributed by atoms with van der Waals surface area (Å²) in [5.74, 6) is -2.18. The Morgan fingerprint density at radius 1 is 1.09 bits per heavy atom. The number of benzene rings is 2. The van der Waals surface area contributed by atoms with Gasteiger partial charge in [0.1, 0.15) is 5.82 Å². The van der Waals surface area contributed by atoms with Crippen molar-refractivity contribution in [2.75, 3.05) is 29.9 Å². The van der Waals surface area contributed by atoms with E-state index in [9.17, 15) is 27.2 Å². The summed E-state index contributed by atoms with van der Waals surface area (Å²) in [7, 11) is 0. The molecule has 2 aromatic rings. The van der Waals surface area contributed by atoms with Crippen molar-refractivity contribution >= 4 is 23.2 Å². The second-order valence-electron chi connectivity index (χ2n) is 8.30. The molecule has 1 unspecified atom stereocenters. The van der Waals surface area contributed by atoms with Crippen LogP contribution >= 0.6 is 0 Å². The van der Waals surface area contributed by atoms with E-state index in [4.69, 9.17) is 0 Å². The molecule has 1 N–H and O–H groups in total. The predicted octanol–water partition coefficient (Wildman–Crippen LogP) is 4.35. The lowest BCUT2D eigenvalue weighted by Gasteiger charge is -2.30. The molecule has 4 rings (SSSR count). The SMILES string of the molecule is O=C1CCCN1c1ccc(NC(=O)C2(C(F)(F)F)CCN(Cc3ccccc3)C2)cc1F. The standard InChI is InChI=1S/C23H23F4N3O2/c24-18-13-17(8-9-19(18)30-11-4-7-20(30)31)28-21(32)22(23(25,26)27)10-12-29(15-22)14-16-5-2-1-3-6-16/h1-3,5-6,8-9,13H,4,7,10-12,14-15H2,(H,28,32). The van der Waals surface area contributed by atoms with Crippen molar-refractivity contribution < 1.29 is 27.2 Å². The second-order valence-corrected chi connectivity index (χ2v) is 8.30. The lowest BCUT2D eigenvalue weighted by molar-refractivity contribution is -0.215. The average Bonchev–Trinajstić information content (AvgIpc) is 3.36. The number of anilines is 2. The number of carbonyl (C=O) groups excluding carboxylic acids is 2. The lowest BCUT2D eigenvalue weighted by Crippen LogP contribution is -2.49. The Bertz CT molecular complexity index is 1010. The van der Waals surface area contributed by atoms with Crippen molar-refractivity contribution in [3.63, 3.8) is 0 Å². The van der Waals surface area contributed by atoms with E-state index in [1.54, 1.807) is 4.90 Å². The van der Waals surface area contributed by atoms with Gasteiger partial charge in [-0.3, -0.25) is 14.5 Å². The Morgan fingerprint density at radius 2 is 1.84 bits per heavy atom. The number of alkyl halides is 3. The zero-order valence-corrected chi connectivity index (χ0v) is 17.3. The molecule has 0 bridgehead atoms. The van der Waals surface area contributed by atoms with Gasteiger partial charge < -0.3 is 10.2 Å². The summed E-state index contributed by atoms with van der Waals surface area (Å²) in [6, 6.07) is 12.7. The van der Waals surface area contributed by atoms with Gasteiger partial charge in [-0.25, -0.2) is 4.39 Å². The number of nitrogens with one attached hydrogen (secondary N) is 1. The molecule has 5 nitrogen and oxygen atoms in total. The van der Waals surface area contributed by atoms with Crippen LogP contribution in [0.15, 0.2) is 48.5 Å². The van der Waals surface area contributed by atoms with Crippen molar-refractivity contribution in [1.82, 2.24) is 4.90 Å². The van der Waals surface area contributed by atoms with Gasteiger partial charge in [-0.2, -0.15) is 13.2 Å². The number of nitrogens with zero attached hydrogens (tertiary/aromatic N) is 2. The van der Waals surface area contributed by atoms with Crippen LogP contribution < -0.4 is 10.2 Å². The maximum absolute atomic E-state index is 14.6. The van der Waals surface area contributed by atoms with Crippen molar-refractivity contribution in [1.29, 1.82) is 0 Å². The monoisotopic (exact) mass is 449 g/mol. The first-order chi connectivity index (χ1) is 15.2. The first-order valence-electron chi connectivity index (χ1n) is 10.4. The maximum atomic E-state index is 14.6. The lowest BCUT2D eigenvalue weighted by atomic mass is 9.85. The van der Waals surface area contributed by atoms with E-state index in [0.717, 1.165) is 11.6 Å². The highest BCUT2D eigenvalue weighted by atomic mass is 19.4. The fourth-order valence-electron chi connectivity index (χ4n) is 4.37. The van der Waals surface area contributed by atoms with Crippen LogP contribution in [-0.2, 0) is 16.1 Å². The number of hydrogen-bond donors (Lipinski definition) is 1. The van der Waals surface area contributed by atoms with Gasteiger partial charge in [-0.15, -0.1) is 0 Å². The van der Waals surface area contributed by atoms with Crippen LogP contribution in [0.5, 0.6) is 0 Å². The fourth-order valence-corrected chi connectivity index (χ4v) is 4.37. The minimum Gasteiger partial charge on any atom is -0.325 e. The molecule has 2 saturated heterocycles. The number of halogens is 4. The summed E-state index contributed by atoms with van der Waals surface area (Å²) in [4.78, 5) is 27.6. The van der Waals surface area contributed by atoms with Crippen LogP contribution in [0.1, 0.15) is 24.8 Å². The van der Waals surface area contributed by atoms with Gasteiger partial charge >= 0.3 is 6.18 Å². The molecule has 9 heteroatoms. The third kappa shape index (κ3) is 4.21. The predicted molar refractivity (Wildman–Crippen MR) is 111 cm³/mol. The third-order valence-electron chi connectivity index (χ3n) is 6.14. The topological polar surface area (TPSA) is 52.7 Å². The van der Waals surface area contributed by atoms with Crippen LogP contribution in [0.4, 0.5) is 28.9 Å². The number of carbonyl (C=O) groups is 2. The molecule has 0 aromatic heterocycles. The second kappa shape index (κ2) is 8.54. The zero-order valence-electron chi connectivity index (χ0n) is 17.3. The molecule has 0 spiro atoms. The smallest absolute Gasteiger partial charge is 0.325 e. The minimum absolute atomic E-state index is 0.0611. The molecule has 170 valence electrons. The molecule has 2 aliphatic rings. The van der Waals surface area contributed by atoms with Crippen LogP contribution in [-0.4, -0.2) is 42.5 Å². The quantitative estimate of drug-likeness (QED) is 0.691. The highest BCUT2D eigenvalue weighted by Crippen LogP contribution is 2.46. The Labute approximate surface area is 183 Å². The molecule has 2 fully saturated rings. The summed E-state index contributed by atoms with van der Waals surface area (Å²) in [5, 5.41) is 2.26. The Morgan fingerprint density at radius 3 is 2.47 bits per heavy atom. The number of hydrogen-bond acceptors (Lipinski definition) is 3. The molecule has 1 atom stereocenters. The molecule has 0 aliphatic carbocycles. The van der Waals surface area contributed by atoms with E-state index in [0.29, 0.717) is 25.9 Å². The van der Waals surface area contributed by atoms with Crippen molar-refractivity contribution in [3.8, 4) is 0 Å².